The molecule has 2 aliphatic rings. The van der Waals surface area contributed by atoms with Gasteiger partial charge in [-0.2, -0.15) is 0 Å². The Kier molecular flexibility index (Phi) is 3.61. The second-order valence-corrected chi connectivity index (χ2v) is 6.93. The number of rotatable bonds is 2. The van der Waals surface area contributed by atoms with Crippen LogP contribution in [0.1, 0.15) is 45.4 Å². The third-order valence-electron chi connectivity index (χ3n) is 5.20. The van der Waals surface area contributed by atoms with Crippen molar-refractivity contribution >= 4 is 23.3 Å². The number of aryl methyl sites for hydroxylation is 1. The molecule has 0 radical (unpaired) electrons. The molecule has 2 aromatic rings. The molecule has 1 aliphatic heterocycles. The van der Waals surface area contributed by atoms with Crippen molar-refractivity contribution < 1.29 is 9.90 Å². The van der Waals surface area contributed by atoms with E-state index in [-0.39, 0.29) is 17.9 Å². The fraction of sp³-hybridized carbons (Fsp3) is 0.250. The summed E-state index contributed by atoms with van der Waals surface area (Å²) >= 11 is 6.44. The van der Waals surface area contributed by atoms with Crippen molar-refractivity contribution in [2.75, 3.05) is 5.32 Å². The van der Waals surface area contributed by atoms with E-state index in [0.717, 1.165) is 33.8 Å². The van der Waals surface area contributed by atoms with E-state index in [2.05, 4.69) is 23.5 Å². The molecular weight excluding hydrogens is 322 g/mol. The van der Waals surface area contributed by atoms with Crippen LogP contribution in [-0.4, -0.2) is 11.1 Å². The quantitative estimate of drug-likeness (QED) is 0.742. The number of carbonyl (C=O) groups is 1. The number of carboxylic acid groups (broad SMARTS) is 1. The molecule has 1 heterocycles. The van der Waals surface area contributed by atoms with E-state index in [1.807, 2.05) is 31.2 Å². The molecule has 4 heteroatoms. The van der Waals surface area contributed by atoms with Crippen LogP contribution < -0.4 is 5.32 Å². The maximum absolute atomic E-state index is 11.7. The van der Waals surface area contributed by atoms with Gasteiger partial charge in [0.05, 0.1) is 11.6 Å². The van der Waals surface area contributed by atoms with Gasteiger partial charge in [-0.25, -0.2) is 4.79 Å². The summed E-state index contributed by atoms with van der Waals surface area (Å²) in [5, 5.41) is 14.0. The van der Waals surface area contributed by atoms with Crippen molar-refractivity contribution in [3.8, 4) is 0 Å². The van der Waals surface area contributed by atoms with E-state index in [0.29, 0.717) is 5.56 Å². The van der Waals surface area contributed by atoms with Crippen LogP contribution in [0.3, 0.4) is 0 Å². The molecule has 0 unspecified atom stereocenters. The monoisotopic (exact) mass is 339 g/mol. The zero-order valence-corrected chi connectivity index (χ0v) is 14.0. The Balaban J connectivity index is 1.90. The van der Waals surface area contributed by atoms with Crippen LogP contribution in [0.4, 0.5) is 5.69 Å². The van der Waals surface area contributed by atoms with Crippen LogP contribution in [0.15, 0.2) is 48.6 Å². The Morgan fingerprint density at radius 1 is 1.25 bits per heavy atom. The van der Waals surface area contributed by atoms with E-state index in [1.54, 1.807) is 6.07 Å². The van der Waals surface area contributed by atoms with Crippen molar-refractivity contribution in [2.45, 2.75) is 25.3 Å². The molecular formula is C20H18ClNO2. The lowest BCUT2D eigenvalue weighted by atomic mass is 9.74. The third kappa shape index (κ3) is 2.23. The van der Waals surface area contributed by atoms with E-state index >= 15 is 0 Å². The molecule has 1 aliphatic carbocycles. The first-order valence-electron chi connectivity index (χ1n) is 8.12. The summed E-state index contributed by atoms with van der Waals surface area (Å²) in [6, 6.07) is 11.6. The highest BCUT2D eigenvalue weighted by Crippen LogP contribution is 2.52. The van der Waals surface area contributed by atoms with Crippen LogP contribution in [0, 0.1) is 12.8 Å². The molecule has 2 aromatic carbocycles. The lowest BCUT2D eigenvalue weighted by molar-refractivity contribution is 0.0695. The second-order valence-electron chi connectivity index (χ2n) is 6.52. The van der Waals surface area contributed by atoms with E-state index in [1.165, 1.54) is 0 Å². The summed E-state index contributed by atoms with van der Waals surface area (Å²) in [6.45, 7) is 2.01. The van der Waals surface area contributed by atoms with Crippen molar-refractivity contribution in [2.24, 2.45) is 5.92 Å². The number of halogens is 1. The average Bonchev–Trinajstić information content (AvgIpc) is 3.05. The highest BCUT2D eigenvalue weighted by molar-refractivity contribution is 6.31. The summed E-state index contributed by atoms with van der Waals surface area (Å²) < 4.78 is 0. The number of hydrogen-bond donors (Lipinski definition) is 2. The molecule has 3 nitrogen and oxygen atoms in total. The van der Waals surface area contributed by atoms with Crippen LogP contribution in [0.2, 0.25) is 5.02 Å². The zero-order valence-electron chi connectivity index (χ0n) is 13.3. The maximum Gasteiger partial charge on any atom is 0.336 e. The van der Waals surface area contributed by atoms with Crippen LogP contribution >= 0.6 is 11.6 Å². The van der Waals surface area contributed by atoms with E-state index < -0.39 is 5.97 Å². The molecule has 3 atom stereocenters. The van der Waals surface area contributed by atoms with Crippen molar-refractivity contribution in [1.82, 2.24) is 0 Å². The first-order valence-corrected chi connectivity index (χ1v) is 8.50. The number of nitrogens with one attached hydrogen (secondary N) is 1. The first-order chi connectivity index (χ1) is 11.6. The van der Waals surface area contributed by atoms with E-state index in [9.17, 15) is 9.90 Å². The van der Waals surface area contributed by atoms with Gasteiger partial charge in [-0.1, -0.05) is 48.0 Å². The minimum atomic E-state index is -0.872. The Morgan fingerprint density at radius 3 is 2.79 bits per heavy atom. The van der Waals surface area contributed by atoms with Gasteiger partial charge in [-0.15, -0.1) is 0 Å². The Morgan fingerprint density at radius 2 is 2.04 bits per heavy atom. The first kappa shape index (κ1) is 15.3. The van der Waals surface area contributed by atoms with Gasteiger partial charge < -0.3 is 10.4 Å². The summed E-state index contributed by atoms with van der Waals surface area (Å²) in [5.41, 5.74) is 4.37. The predicted octanol–water partition coefficient (Wildman–Crippen LogP) is 5.17. The fourth-order valence-electron chi connectivity index (χ4n) is 4.08. The predicted molar refractivity (Wildman–Crippen MR) is 95.9 cm³/mol. The lowest BCUT2D eigenvalue weighted by Gasteiger charge is -2.39. The maximum atomic E-state index is 11.7. The molecule has 0 bridgehead atoms. The molecule has 0 saturated heterocycles. The van der Waals surface area contributed by atoms with Gasteiger partial charge >= 0.3 is 5.97 Å². The minimum absolute atomic E-state index is 0.0777. The third-order valence-corrected chi connectivity index (χ3v) is 5.54. The largest absolute Gasteiger partial charge is 0.478 e. The topological polar surface area (TPSA) is 49.3 Å². The highest BCUT2D eigenvalue weighted by atomic mass is 35.5. The van der Waals surface area contributed by atoms with Crippen LogP contribution in [0.5, 0.6) is 0 Å². The molecule has 0 saturated carbocycles. The van der Waals surface area contributed by atoms with Gasteiger partial charge in [0, 0.05) is 16.6 Å². The van der Waals surface area contributed by atoms with Gasteiger partial charge in [0.25, 0.3) is 0 Å². The van der Waals surface area contributed by atoms with Crippen molar-refractivity contribution in [3.05, 3.63) is 75.8 Å². The van der Waals surface area contributed by atoms with Crippen molar-refractivity contribution in [3.63, 3.8) is 0 Å². The number of hydrogen-bond acceptors (Lipinski definition) is 2. The molecule has 0 amide bonds. The van der Waals surface area contributed by atoms with Gasteiger partial charge in [-0.3, -0.25) is 0 Å². The summed E-state index contributed by atoms with van der Waals surface area (Å²) in [5.74, 6) is -0.492. The van der Waals surface area contributed by atoms with E-state index in [4.69, 9.17) is 11.6 Å². The number of benzene rings is 2. The number of anilines is 1. The summed E-state index contributed by atoms with van der Waals surface area (Å²) in [4.78, 5) is 11.7. The fourth-order valence-corrected chi connectivity index (χ4v) is 4.33. The van der Waals surface area contributed by atoms with Crippen LogP contribution in [0.25, 0.3) is 0 Å². The highest BCUT2D eigenvalue weighted by Gasteiger charge is 2.41. The smallest absolute Gasteiger partial charge is 0.336 e. The standard InChI is InChI=1S/C20H18ClNO2/c1-11-9-10-15(20(23)24)17-12-6-4-7-13(12)19(22-18(11)17)14-5-2-3-8-16(14)21/h2-6,8-10,12-13,19,22H,7H2,1H3,(H,23,24)/t12-,13-,19-/m0/s1. The Bertz CT molecular complexity index is 859. The van der Waals surface area contributed by atoms with Gasteiger partial charge in [0.2, 0.25) is 0 Å². The molecule has 4 rings (SSSR count). The van der Waals surface area contributed by atoms with Gasteiger partial charge in [-0.05, 0) is 48.1 Å². The number of aromatic carboxylic acids is 1. The average molecular weight is 340 g/mol. The number of fused-ring (bicyclic) bond motifs is 3. The normalized spacial score (nSPS) is 24.2. The zero-order chi connectivity index (χ0) is 16.8. The summed E-state index contributed by atoms with van der Waals surface area (Å²) in [6.07, 6.45) is 5.23. The number of carboxylic acids is 1. The molecule has 24 heavy (non-hydrogen) atoms. The molecule has 0 aromatic heterocycles. The van der Waals surface area contributed by atoms with Crippen LogP contribution in [-0.2, 0) is 0 Å². The van der Waals surface area contributed by atoms with Crippen molar-refractivity contribution in [1.29, 1.82) is 0 Å². The van der Waals surface area contributed by atoms with Gasteiger partial charge in [0.15, 0.2) is 0 Å². The summed E-state index contributed by atoms with van der Waals surface area (Å²) in [7, 11) is 0. The number of allylic oxidation sites excluding steroid dienone is 2. The second kappa shape index (κ2) is 5.67. The lowest BCUT2D eigenvalue weighted by Crippen LogP contribution is -2.31. The molecule has 122 valence electrons. The van der Waals surface area contributed by atoms with Gasteiger partial charge in [0.1, 0.15) is 0 Å². The SMILES string of the molecule is Cc1ccc(C(=O)O)c2c1N[C@H](c1ccccc1Cl)[C@H]1CC=C[C@H]21. The molecule has 0 fully saturated rings. The molecule has 2 N–H and O–H groups in total. The Labute approximate surface area is 146 Å². The molecule has 0 spiro atoms. The minimum Gasteiger partial charge on any atom is -0.478 e. The Hall–Kier alpha value is -2.26.